The van der Waals surface area contributed by atoms with E-state index in [0.717, 1.165) is 6.92 Å². The van der Waals surface area contributed by atoms with E-state index < -0.39 is 296 Å². The number of carbonyl (C=O) groups excluding carboxylic acids is 9. The van der Waals surface area contributed by atoms with Crippen molar-refractivity contribution >= 4 is 83.7 Å². The lowest BCUT2D eigenvalue weighted by Crippen LogP contribution is -2.59. The second-order valence-corrected chi connectivity index (χ2v) is 20.6. The van der Waals surface area contributed by atoms with Gasteiger partial charge in [0.05, 0.1) is 38.1 Å². The van der Waals surface area contributed by atoms with Crippen molar-refractivity contribution < 1.29 is 149 Å². The van der Waals surface area contributed by atoms with E-state index >= 15 is 0 Å². The fraction of sp³-hybridized carbons (Fsp3) is 0.755. The van der Waals surface area contributed by atoms with Crippen LogP contribution in [0.15, 0.2) is 0 Å². The van der Waals surface area contributed by atoms with Crippen molar-refractivity contribution in [2.75, 3.05) is 45.2 Å². The van der Waals surface area contributed by atoms with Gasteiger partial charge < -0.3 is 140 Å². The second-order valence-electron chi connectivity index (χ2n) is 20.2. The molecule has 39 nitrogen and oxygen atoms in total. The molecule has 40 heteroatoms. The number of carboxylic acids is 3. The summed E-state index contributed by atoms with van der Waals surface area (Å²) in [6.45, 7) is -4.62. The van der Waals surface area contributed by atoms with Gasteiger partial charge in [-0.05, 0) is 38.5 Å². The number of aliphatic carboxylic acids is 3. The Morgan fingerprint density at radius 2 is 0.584 bits per heavy atom. The average Bonchev–Trinajstić information content (AvgIpc) is 3.55. The summed E-state index contributed by atoms with van der Waals surface area (Å²) in [6, 6.07) is -11.4. The number of hydrogen-bond acceptors (Lipinski definition) is 28. The fourth-order valence-electron chi connectivity index (χ4n) is 7.66. The van der Waals surface area contributed by atoms with Gasteiger partial charge in [-0.25, -0.2) is 4.79 Å². The van der Waals surface area contributed by atoms with Gasteiger partial charge in [0.25, 0.3) is 0 Å². The van der Waals surface area contributed by atoms with E-state index in [4.69, 9.17) is 15.3 Å². The van der Waals surface area contributed by atoms with Gasteiger partial charge in [0, 0.05) is 64.4 Å². The Labute approximate surface area is 512 Å². The molecule has 0 rings (SSSR count). The number of carbonyl (C=O) groups is 12. The summed E-state index contributed by atoms with van der Waals surface area (Å²) in [5.74, 6) is -15.9. The number of nitrogens with one attached hydrogen (secondary N) is 9. The Morgan fingerprint density at radius 1 is 0.337 bits per heavy atom. The Hall–Kier alpha value is -6.61. The lowest BCUT2D eigenvalue weighted by Gasteiger charge is -2.28. The molecule has 0 fully saturated rings. The summed E-state index contributed by atoms with van der Waals surface area (Å²) in [7, 11) is 0. The number of hydrogen-bond donors (Lipinski definition) is 28. The third-order valence-electron chi connectivity index (χ3n) is 13.0. The number of carboxylic acid groups (broad SMARTS) is 3. The third-order valence-corrected chi connectivity index (χ3v) is 13.4. The molecule has 0 unspecified atom stereocenters. The highest BCUT2D eigenvalue weighted by Gasteiger charge is 2.37. The molecule has 18 atom stereocenters. The smallest absolute Gasteiger partial charge is 0.327 e. The quantitative estimate of drug-likeness (QED) is 0.0252. The van der Waals surface area contributed by atoms with Gasteiger partial charge in [-0.15, -0.1) is 0 Å². The van der Waals surface area contributed by atoms with Crippen LogP contribution >= 0.6 is 12.6 Å². The predicted molar refractivity (Wildman–Crippen MR) is 297 cm³/mol. The molecular formula is C49H85N9O30S. The number of aliphatic hydroxyl groups excluding tert-OH is 15. The van der Waals surface area contributed by atoms with Gasteiger partial charge in [-0.3, -0.25) is 52.7 Å². The van der Waals surface area contributed by atoms with Gasteiger partial charge in [-0.2, -0.15) is 12.6 Å². The van der Waals surface area contributed by atoms with Crippen molar-refractivity contribution in [1.29, 1.82) is 0 Å². The second kappa shape index (κ2) is 43.2. The Balaban J connectivity index is 7.25. The number of thiol groups is 1. The van der Waals surface area contributed by atoms with Crippen LogP contribution in [0.3, 0.4) is 0 Å². The molecule has 89 heavy (non-hydrogen) atoms. The van der Waals surface area contributed by atoms with E-state index in [-0.39, 0.29) is 0 Å². The van der Waals surface area contributed by atoms with Crippen LogP contribution in [0.4, 0.5) is 0 Å². The van der Waals surface area contributed by atoms with Gasteiger partial charge in [-0.1, -0.05) is 0 Å². The van der Waals surface area contributed by atoms with Crippen LogP contribution in [0.2, 0.25) is 0 Å². The first-order valence-corrected chi connectivity index (χ1v) is 28.1. The number of amides is 9. The van der Waals surface area contributed by atoms with Crippen LogP contribution in [-0.2, 0) is 57.5 Å². The normalized spacial score (nSPS) is 17.5. The van der Waals surface area contributed by atoms with Crippen molar-refractivity contribution in [2.45, 2.75) is 187 Å². The standard InChI is InChI=1S/C49H85N9O30S/c1-20(62)53-22(5-9-33(69)50-13-27(63)38(76)41(79)30(66)16-59)45(83)54-21(3-2-4-36(72)73)44(82)55-23(6-10-34(70)51-14-28(64)39(77)42(80)31(67)17-60)46(84)57-25(8-12-37(74)75)47(85)56-24(48(86)58-26(19-89)49(87)88)7-11-35(71)52-15-29(65)40(78)43(81)32(68)18-61/h21-32,38-43,59-61,63-68,76-81,89H,2-19H2,1H3,(H,50,69)(H,51,70)(H,52,71)(H,53,62)(H,54,83)(H,55,82)(H,56,85)(H,57,84)(H,58,86)(H,72,73)(H,74,75)(H,87,88)/t21-,22-,23-,24-,25-,26-,27-,28-,29-,30+,31+,32+,38+,39+,40+,41+,42+,43+/m0/s1. The summed E-state index contributed by atoms with van der Waals surface area (Å²) in [4.78, 5) is 156. The molecule has 0 bridgehead atoms. The SMILES string of the molecule is CC(=O)N[C@@H](CCC(=O)NC[C@H](O)[C@@H](O)[C@H](O)[C@H](O)CO)C(=O)N[C@@H](CCCC(=O)O)C(=O)N[C@@H](CCC(=O)NC[C@H](O)[C@@H](O)[C@H](O)[C@H](O)CO)C(=O)N[C@@H](CCC(=O)O)C(=O)N[C@@H](CCC(=O)NC[C@H](O)[C@@H](O)[C@H](O)[C@H](O)CO)C(=O)N[C@@H](CS)C(=O)O. The van der Waals surface area contributed by atoms with Crippen molar-refractivity contribution in [3.63, 3.8) is 0 Å². The molecule has 0 aliphatic heterocycles. The van der Waals surface area contributed by atoms with E-state index in [9.17, 15) is 134 Å². The van der Waals surface area contributed by atoms with E-state index in [1.165, 1.54) is 0 Å². The zero-order valence-electron chi connectivity index (χ0n) is 48.0. The minimum atomic E-state index is -2.17. The molecule has 0 aliphatic rings. The van der Waals surface area contributed by atoms with Gasteiger partial charge in [0.1, 0.15) is 91.2 Å². The fourth-order valence-corrected chi connectivity index (χ4v) is 7.91. The Morgan fingerprint density at radius 3 is 0.831 bits per heavy atom. The van der Waals surface area contributed by atoms with Crippen LogP contribution < -0.4 is 47.9 Å². The summed E-state index contributed by atoms with van der Waals surface area (Å²) in [6.07, 6.45) is -32.2. The van der Waals surface area contributed by atoms with Gasteiger partial charge in [0.2, 0.25) is 53.2 Å². The first-order chi connectivity index (χ1) is 41.6. The van der Waals surface area contributed by atoms with Crippen LogP contribution in [0.5, 0.6) is 0 Å². The van der Waals surface area contributed by atoms with E-state index in [2.05, 4.69) is 55.2 Å². The van der Waals surface area contributed by atoms with Crippen LogP contribution in [0.1, 0.15) is 77.6 Å². The molecule has 0 aromatic heterocycles. The first kappa shape index (κ1) is 82.4. The molecule has 0 aromatic rings. The van der Waals surface area contributed by atoms with Crippen molar-refractivity contribution in [2.24, 2.45) is 0 Å². The molecule has 512 valence electrons. The predicted octanol–water partition coefficient (Wildman–Crippen LogP) is -14.0. The molecule has 0 heterocycles. The molecule has 9 amide bonds. The Bertz CT molecular complexity index is 2300. The molecule has 0 spiro atoms. The van der Waals surface area contributed by atoms with Crippen molar-refractivity contribution in [1.82, 2.24) is 47.9 Å². The summed E-state index contributed by atoms with van der Waals surface area (Å²) < 4.78 is 0. The molecule has 0 saturated carbocycles. The molecule has 0 radical (unpaired) electrons. The van der Waals surface area contributed by atoms with Crippen LogP contribution in [-0.4, -0.2) is 318 Å². The molecule has 0 aliphatic carbocycles. The summed E-state index contributed by atoms with van der Waals surface area (Å²) >= 11 is 3.86. The van der Waals surface area contributed by atoms with Crippen LogP contribution in [0, 0.1) is 0 Å². The van der Waals surface area contributed by atoms with Gasteiger partial charge in [0.15, 0.2) is 0 Å². The number of rotatable bonds is 47. The minimum Gasteiger partial charge on any atom is -0.481 e. The lowest BCUT2D eigenvalue weighted by atomic mass is 10.0. The maximum absolute atomic E-state index is 14.3. The largest absolute Gasteiger partial charge is 0.481 e. The van der Waals surface area contributed by atoms with Crippen molar-refractivity contribution in [3.05, 3.63) is 0 Å². The van der Waals surface area contributed by atoms with Crippen LogP contribution in [0.25, 0.3) is 0 Å². The number of aliphatic hydroxyl groups is 15. The zero-order valence-corrected chi connectivity index (χ0v) is 48.9. The van der Waals surface area contributed by atoms with E-state index in [1.807, 2.05) is 5.32 Å². The molecular weight excluding hydrogens is 1230 g/mol. The van der Waals surface area contributed by atoms with Gasteiger partial charge >= 0.3 is 17.9 Å². The summed E-state index contributed by atoms with van der Waals surface area (Å²) in [5.41, 5.74) is 0. The first-order valence-electron chi connectivity index (χ1n) is 27.4. The molecule has 0 aromatic carbocycles. The maximum Gasteiger partial charge on any atom is 0.327 e. The monoisotopic (exact) mass is 1310 g/mol. The average molecular weight is 1310 g/mol. The van der Waals surface area contributed by atoms with E-state index in [0.29, 0.717) is 0 Å². The topological polar surface area (TPSA) is 677 Å². The Kier molecular flexibility index (Phi) is 40.0. The third kappa shape index (κ3) is 32.1. The van der Waals surface area contributed by atoms with Crippen molar-refractivity contribution in [3.8, 4) is 0 Å². The lowest BCUT2D eigenvalue weighted by molar-refractivity contribution is -0.142. The minimum absolute atomic E-state index is 0.405. The summed E-state index contributed by atoms with van der Waals surface area (Å²) in [5, 5.41) is 195. The highest BCUT2D eigenvalue weighted by molar-refractivity contribution is 7.80. The molecule has 27 N–H and O–H groups in total. The van der Waals surface area contributed by atoms with E-state index in [1.54, 1.807) is 0 Å². The highest BCUT2D eigenvalue weighted by atomic mass is 32.1. The highest BCUT2D eigenvalue weighted by Crippen LogP contribution is 2.12. The zero-order chi connectivity index (χ0) is 68.4. The maximum atomic E-state index is 14.3. The molecule has 0 saturated heterocycles.